The molecule has 2 aromatic carbocycles. The van der Waals surface area contributed by atoms with Crippen LogP contribution in [0.4, 0.5) is 5.69 Å². The first-order valence-electron chi connectivity index (χ1n) is 8.83. The number of nitrogens with zero attached hydrogens (tertiary/aromatic N) is 3. The van der Waals surface area contributed by atoms with Crippen molar-refractivity contribution in [2.45, 2.75) is 30.7 Å². The zero-order chi connectivity index (χ0) is 19.3. The number of piperidine rings is 1. The molecule has 1 aliphatic rings. The minimum atomic E-state index is -3.57. The summed E-state index contributed by atoms with van der Waals surface area (Å²) in [4.78, 5) is 0.271. The summed E-state index contributed by atoms with van der Waals surface area (Å²) in [5.41, 5.74) is 1.74. The van der Waals surface area contributed by atoms with Crippen LogP contribution in [0.2, 0.25) is 0 Å². The van der Waals surface area contributed by atoms with Gasteiger partial charge in [-0.2, -0.15) is 14.8 Å². The van der Waals surface area contributed by atoms with Crippen molar-refractivity contribution in [2.24, 2.45) is 0 Å². The lowest BCUT2D eigenvalue weighted by Gasteiger charge is -2.27. The third-order valence-corrected chi connectivity index (χ3v) is 6.67. The number of nitriles is 2. The molecule has 0 bridgehead atoms. The fourth-order valence-corrected chi connectivity index (χ4v) is 5.00. The molecule has 0 atom stereocenters. The Morgan fingerprint density at radius 1 is 0.926 bits per heavy atom. The van der Waals surface area contributed by atoms with Crippen molar-refractivity contribution in [2.75, 3.05) is 18.4 Å². The summed E-state index contributed by atoms with van der Waals surface area (Å²) in [7, 11) is -3.57. The molecule has 0 spiro atoms. The molecule has 6 nitrogen and oxygen atoms in total. The second-order valence-corrected chi connectivity index (χ2v) is 8.28. The van der Waals surface area contributed by atoms with E-state index in [1.54, 1.807) is 46.8 Å². The van der Waals surface area contributed by atoms with Gasteiger partial charge in [0.05, 0.1) is 21.7 Å². The molecule has 0 aromatic heterocycles. The summed E-state index contributed by atoms with van der Waals surface area (Å²) in [6, 6.07) is 15.9. The minimum Gasteiger partial charge on any atom is -0.379 e. The first-order valence-corrected chi connectivity index (χ1v) is 10.3. The smallest absolute Gasteiger partial charge is 0.243 e. The van der Waals surface area contributed by atoms with Crippen LogP contribution < -0.4 is 5.32 Å². The van der Waals surface area contributed by atoms with E-state index in [4.69, 9.17) is 0 Å². The van der Waals surface area contributed by atoms with E-state index in [0.717, 1.165) is 19.3 Å². The second kappa shape index (κ2) is 8.22. The van der Waals surface area contributed by atoms with Crippen molar-refractivity contribution in [3.05, 3.63) is 59.2 Å². The monoisotopic (exact) mass is 380 g/mol. The van der Waals surface area contributed by atoms with E-state index in [0.29, 0.717) is 35.5 Å². The van der Waals surface area contributed by atoms with Gasteiger partial charge in [0.25, 0.3) is 0 Å². The van der Waals surface area contributed by atoms with Crippen LogP contribution in [0.15, 0.2) is 47.4 Å². The minimum absolute atomic E-state index is 0.205. The molecule has 27 heavy (non-hydrogen) atoms. The van der Waals surface area contributed by atoms with Gasteiger partial charge in [0, 0.05) is 19.6 Å². The quantitative estimate of drug-likeness (QED) is 0.859. The number of anilines is 1. The molecule has 7 heteroatoms. The Labute approximate surface area is 159 Å². The molecular weight excluding hydrogens is 360 g/mol. The van der Waals surface area contributed by atoms with E-state index in [2.05, 4.69) is 17.5 Å². The predicted octanol–water partition coefficient (Wildman–Crippen LogP) is 3.22. The van der Waals surface area contributed by atoms with Gasteiger partial charge in [0.15, 0.2) is 0 Å². The summed E-state index contributed by atoms with van der Waals surface area (Å²) in [6.45, 7) is 1.29. The topological polar surface area (TPSA) is 97.0 Å². The Morgan fingerprint density at radius 3 is 2.19 bits per heavy atom. The van der Waals surface area contributed by atoms with E-state index in [-0.39, 0.29) is 11.4 Å². The lowest BCUT2D eigenvalue weighted by atomic mass is 10.1. The number of sulfonamides is 1. The summed E-state index contributed by atoms with van der Waals surface area (Å²) in [5.74, 6) is 0. The molecule has 138 valence electrons. The highest BCUT2D eigenvalue weighted by Crippen LogP contribution is 2.26. The molecule has 1 aliphatic heterocycles. The Morgan fingerprint density at radius 2 is 1.56 bits per heavy atom. The van der Waals surface area contributed by atoms with Crippen LogP contribution in [0.5, 0.6) is 0 Å². The Kier molecular flexibility index (Phi) is 5.75. The van der Waals surface area contributed by atoms with E-state index < -0.39 is 10.0 Å². The highest BCUT2D eigenvalue weighted by atomic mass is 32.2. The number of para-hydroxylation sites is 1. The van der Waals surface area contributed by atoms with Crippen LogP contribution in [0.1, 0.15) is 36.0 Å². The van der Waals surface area contributed by atoms with Crippen molar-refractivity contribution >= 4 is 15.7 Å². The van der Waals surface area contributed by atoms with Gasteiger partial charge in [-0.25, -0.2) is 8.42 Å². The third kappa shape index (κ3) is 3.95. The average molecular weight is 380 g/mol. The van der Waals surface area contributed by atoms with Crippen LogP contribution in [-0.2, 0) is 16.6 Å². The van der Waals surface area contributed by atoms with E-state index >= 15 is 0 Å². The summed E-state index contributed by atoms with van der Waals surface area (Å²) < 4.78 is 27.7. The summed E-state index contributed by atoms with van der Waals surface area (Å²) >= 11 is 0. The standard InChI is InChI=1S/C20H20N4O2S/c21-13-16-8-6-9-17(14-22)20(16)23-15-18-7-2-3-10-19(18)27(25,26)24-11-4-1-5-12-24/h2-3,6-10,23H,1,4-5,11-12,15H2. The van der Waals surface area contributed by atoms with Gasteiger partial charge in [0.2, 0.25) is 10.0 Å². The van der Waals surface area contributed by atoms with Crippen LogP contribution in [0.3, 0.4) is 0 Å². The number of hydrogen-bond donors (Lipinski definition) is 1. The van der Waals surface area contributed by atoms with Crippen LogP contribution in [-0.4, -0.2) is 25.8 Å². The van der Waals surface area contributed by atoms with E-state index in [9.17, 15) is 18.9 Å². The van der Waals surface area contributed by atoms with Gasteiger partial charge < -0.3 is 5.32 Å². The van der Waals surface area contributed by atoms with Gasteiger partial charge in [-0.1, -0.05) is 30.7 Å². The zero-order valence-electron chi connectivity index (χ0n) is 14.9. The predicted molar refractivity (Wildman–Crippen MR) is 102 cm³/mol. The van der Waals surface area contributed by atoms with E-state index in [1.165, 1.54) is 0 Å². The maximum absolute atomic E-state index is 13.1. The molecule has 0 aliphatic carbocycles. The van der Waals surface area contributed by atoms with Crippen molar-refractivity contribution in [1.82, 2.24) is 4.31 Å². The molecule has 1 N–H and O–H groups in total. The highest BCUT2D eigenvalue weighted by molar-refractivity contribution is 7.89. The van der Waals surface area contributed by atoms with Crippen molar-refractivity contribution in [3.8, 4) is 12.1 Å². The van der Waals surface area contributed by atoms with Gasteiger partial charge in [-0.15, -0.1) is 0 Å². The van der Waals surface area contributed by atoms with Crippen molar-refractivity contribution < 1.29 is 8.42 Å². The first kappa shape index (κ1) is 18.9. The number of rotatable bonds is 5. The molecule has 0 radical (unpaired) electrons. The fraction of sp³-hybridized carbons (Fsp3) is 0.300. The van der Waals surface area contributed by atoms with Crippen LogP contribution >= 0.6 is 0 Å². The molecule has 0 amide bonds. The van der Waals surface area contributed by atoms with Crippen LogP contribution in [0, 0.1) is 22.7 Å². The second-order valence-electron chi connectivity index (χ2n) is 6.38. The lowest BCUT2D eigenvalue weighted by molar-refractivity contribution is 0.346. The number of benzene rings is 2. The van der Waals surface area contributed by atoms with Gasteiger partial charge in [-0.3, -0.25) is 0 Å². The average Bonchev–Trinajstić information content (AvgIpc) is 2.72. The third-order valence-electron chi connectivity index (χ3n) is 4.67. The van der Waals surface area contributed by atoms with Crippen molar-refractivity contribution in [3.63, 3.8) is 0 Å². The Hall–Kier alpha value is -2.87. The maximum atomic E-state index is 13.1. The van der Waals surface area contributed by atoms with E-state index in [1.807, 2.05) is 0 Å². The molecule has 0 saturated carbocycles. The Bertz CT molecular complexity index is 981. The van der Waals surface area contributed by atoms with Gasteiger partial charge in [0.1, 0.15) is 12.1 Å². The maximum Gasteiger partial charge on any atom is 0.243 e. The van der Waals surface area contributed by atoms with Crippen molar-refractivity contribution in [1.29, 1.82) is 10.5 Å². The molecule has 3 rings (SSSR count). The largest absolute Gasteiger partial charge is 0.379 e. The SMILES string of the molecule is N#Cc1cccc(C#N)c1NCc1ccccc1S(=O)(=O)N1CCCCC1. The first-order chi connectivity index (χ1) is 13.1. The Balaban J connectivity index is 1.91. The number of nitrogens with one attached hydrogen (secondary N) is 1. The molecule has 1 fully saturated rings. The van der Waals surface area contributed by atoms with Gasteiger partial charge in [-0.05, 0) is 36.6 Å². The molecule has 2 aromatic rings. The highest BCUT2D eigenvalue weighted by Gasteiger charge is 2.27. The molecular formula is C20H20N4O2S. The lowest BCUT2D eigenvalue weighted by Crippen LogP contribution is -2.36. The molecule has 1 saturated heterocycles. The molecule has 1 heterocycles. The molecule has 0 unspecified atom stereocenters. The van der Waals surface area contributed by atoms with Crippen LogP contribution in [0.25, 0.3) is 0 Å². The zero-order valence-corrected chi connectivity index (χ0v) is 15.7. The summed E-state index contributed by atoms with van der Waals surface area (Å²) in [6.07, 6.45) is 2.80. The number of hydrogen-bond acceptors (Lipinski definition) is 5. The fourth-order valence-electron chi connectivity index (χ4n) is 3.26. The normalized spacial score (nSPS) is 14.9. The van der Waals surface area contributed by atoms with Gasteiger partial charge >= 0.3 is 0 Å². The summed E-state index contributed by atoms with van der Waals surface area (Å²) in [5, 5.41) is 21.7.